The molecule has 0 amide bonds. The smallest absolute Gasteiger partial charge is 0.339 e. The number of hydrogen-bond donors (Lipinski definition) is 0. The lowest BCUT2D eigenvalue weighted by molar-refractivity contribution is 0.0600. The van der Waals surface area contributed by atoms with E-state index in [2.05, 4.69) is 10.2 Å². The first-order valence-corrected chi connectivity index (χ1v) is 6.67. The van der Waals surface area contributed by atoms with E-state index >= 15 is 0 Å². The Labute approximate surface area is 126 Å². The van der Waals surface area contributed by atoms with Crippen molar-refractivity contribution >= 4 is 23.2 Å². The summed E-state index contributed by atoms with van der Waals surface area (Å²) in [6.45, 7) is 2.00. The standard InChI is InChI=1S/C15H12ClN3O2/c1-9-4-3-5-10(6-9)13-17-18-14-12(16)7-11(8-19(13)14)15(20)21-2/h3-8H,1-2H3. The lowest BCUT2D eigenvalue weighted by atomic mass is 10.1. The predicted octanol–water partition coefficient (Wildman–Crippen LogP) is 3.14. The molecule has 2 aromatic heterocycles. The molecule has 3 rings (SSSR count). The largest absolute Gasteiger partial charge is 0.465 e. The van der Waals surface area contributed by atoms with Crippen molar-refractivity contribution in [2.24, 2.45) is 0 Å². The van der Waals surface area contributed by atoms with Gasteiger partial charge in [0.25, 0.3) is 0 Å². The molecule has 6 heteroatoms. The summed E-state index contributed by atoms with van der Waals surface area (Å²) in [5, 5.41) is 8.60. The second-order valence-electron chi connectivity index (χ2n) is 4.65. The molecule has 0 saturated carbocycles. The molecule has 0 aliphatic rings. The van der Waals surface area contributed by atoms with Crippen LogP contribution in [0.4, 0.5) is 0 Å². The topological polar surface area (TPSA) is 56.5 Å². The average Bonchev–Trinajstić information content (AvgIpc) is 2.90. The van der Waals surface area contributed by atoms with Crippen LogP contribution in [0.25, 0.3) is 17.0 Å². The van der Waals surface area contributed by atoms with E-state index in [4.69, 9.17) is 16.3 Å². The van der Waals surface area contributed by atoms with Gasteiger partial charge >= 0.3 is 5.97 Å². The van der Waals surface area contributed by atoms with Gasteiger partial charge in [-0.3, -0.25) is 4.40 Å². The van der Waals surface area contributed by atoms with Crippen LogP contribution in [0, 0.1) is 6.92 Å². The van der Waals surface area contributed by atoms with Crippen molar-refractivity contribution in [3.8, 4) is 11.4 Å². The van der Waals surface area contributed by atoms with Crippen LogP contribution in [-0.4, -0.2) is 27.7 Å². The van der Waals surface area contributed by atoms with Crippen molar-refractivity contribution in [1.29, 1.82) is 0 Å². The minimum absolute atomic E-state index is 0.351. The molecule has 0 bridgehead atoms. The second kappa shape index (κ2) is 5.18. The Kier molecular flexibility index (Phi) is 3.35. The Hall–Kier alpha value is -2.40. The van der Waals surface area contributed by atoms with E-state index in [1.54, 1.807) is 10.6 Å². The molecule has 0 aliphatic carbocycles. The van der Waals surface area contributed by atoms with Crippen LogP contribution in [0.1, 0.15) is 15.9 Å². The van der Waals surface area contributed by atoms with Gasteiger partial charge in [-0.25, -0.2) is 4.79 Å². The van der Waals surface area contributed by atoms with E-state index in [9.17, 15) is 4.79 Å². The number of benzene rings is 1. The van der Waals surface area contributed by atoms with Gasteiger partial charge in [0.05, 0.1) is 17.7 Å². The number of halogens is 1. The van der Waals surface area contributed by atoms with Gasteiger partial charge in [-0.05, 0) is 19.1 Å². The van der Waals surface area contributed by atoms with Gasteiger partial charge in [0.2, 0.25) is 0 Å². The summed E-state index contributed by atoms with van der Waals surface area (Å²) in [6, 6.07) is 9.39. The van der Waals surface area contributed by atoms with Crippen LogP contribution in [0.2, 0.25) is 5.02 Å². The van der Waals surface area contributed by atoms with Crippen molar-refractivity contribution in [1.82, 2.24) is 14.6 Å². The number of methoxy groups -OCH3 is 1. The third-order valence-electron chi connectivity index (χ3n) is 3.16. The van der Waals surface area contributed by atoms with Crippen molar-refractivity contribution in [3.63, 3.8) is 0 Å². The summed E-state index contributed by atoms with van der Waals surface area (Å²) >= 11 is 6.16. The van der Waals surface area contributed by atoms with Crippen LogP contribution < -0.4 is 0 Å². The minimum atomic E-state index is -0.456. The van der Waals surface area contributed by atoms with Crippen molar-refractivity contribution in [2.45, 2.75) is 6.92 Å². The Morgan fingerprint density at radius 2 is 2.10 bits per heavy atom. The van der Waals surface area contributed by atoms with E-state index in [1.807, 2.05) is 31.2 Å². The van der Waals surface area contributed by atoms with Gasteiger partial charge in [0, 0.05) is 11.8 Å². The number of fused-ring (bicyclic) bond motifs is 1. The van der Waals surface area contributed by atoms with Crippen LogP contribution in [0.15, 0.2) is 36.5 Å². The van der Waals surface area contributed by atoms with E-state index in [0.29, 0.717) is 22.1 Å². The fourth-order valence-electron chi connectivity index (χ4n) is 2.16. The summed E-state index contributed by atoms with van der Waals surface area (Å²) in [5.74, 6) is 0.170. The molecule has 3 aromatic rings. The first-order valence-electron chi connectivity index (χ1n) is 6.30. The Balaban J connectivity index is 2.25. The number of carbonyl (C=O) groups is 1. The molecule has 0 N–H and O–H groups in total. The second-order valence-corrected chi connectivity index (χ2v) is 5.06. The van der Waals surface area contributed by atoms with Crippen LogP contribution in [0.3, 0.4) is 0 Å². The third-order valence-corrected chi connectivity index (χ3v) is 3.44. The van der Waals surface area contributed by atoms with E-state index in [1.165, 1.54) is 13.2 Å². The van der Waals surface area contributed by atoms with Gasteiger partial charge in [-0.15, -0.1) is 10.2 Å². The highest BCUT2D eigenvalue weighted by Gasteiger charge is 2.15. The molecule has 0 spiro atoms. The van der Waals surface area contributed by atoms with Crippen molar-refractivity contribution in [2.75, 3.05) is 7.11 Å². The van der Waals surface area contributed by atoms with Crippen LogP contribution >= 0.6 is 11.6 Å². The number of ether oxygens (including phenoxy) is 1. The number of hydrogen-bond acceptors (Lipinski definition) is 4. The third kappa shape index (κ3) is 2.36. The highest BCUT2D eigenvalue weighted by Crippen LogP contribution is 2.24. The summed E-state index contributed by atoms with van der Waals surface area (Å²) in [4.78, 5) is 11.7. The number of aryl methyl sites for hydroxylation is 1. The molecule has 2 heterocycles. The number of nitrogens with zero attached hydrogens (tertiary/aromatic N) is 3. The van der Waals surface area contributed by atoms with Gasteiger partial charge in [0.15, 0.2) is 11.5 Å². The quantitative estimate of drug-likeness (QED) is 0.682. The Morgan fingerprint density at radius 1 is 1.29 bits per heavy atom. The summed E-state index contributed by atoms with van der Waals surface area (Å²) < 4.78 is 6.43. The van der Waals surface area contributed by atoms with Crippen LogP contribution in [-0.2, 0) is 4.74 Å². The molecule has 0 saturated heterocycles. The lowest BCUT2D eigenvalue weighted by Gasteiger charge is -2.05. The number of esters is 1. The monoisotopic (exact) mass is 301 g/mol. The molecule has 21 heavy (non-hydrogen) atoms. The van der Waals surface area contributed by atoms with Gasteiger partial charge in [-0.1, -0.05) is 35.4 Å². The molecule has 0 aliphatic heterocycles. The minimum Gasteiger partial charge on any atom is -0.465 e. The van der Waals surface area contributed by atoms with Gasteiger partial charge in [0.1, 0.15) is 0 Å². The SMILES string of the molecule is COC(=O)c1cc(Cl)c2nnc(-c3cccc(C)c3)n2c1. The van der Waals surface area contributed by atoms with Crippen LogP contribution in [0.5, 0.6) is 0 Å². The van der Waals surface area contributed by atoms with E-state index < -0.39 is 5.97 Å². The first-order chi connectivity index (χ1) is 10.1. The molecule has 1 aromatic carbocycles. The molecule has 0 atom stereocenters. The zero-order chi connectivity index (χ0) is 15.0. The highest BCUT2D eigenvalue weighted by molar-refractivity contribution is 6.33. The fraction of sp³-hybridized carbons (Fsp3) is 0.133. The molecular formula is C15H12ClN3O2. The van der Waals surface area contributed by atoms with Crippen molar-refractivity contribution in [3.05, 3.63) is 52.7 Å². The Morgan fingerprint density at radius 3 is 2.81 bits per heavy atom. The molecule has 0 radical (unpaired) electrons. The zero-order valence-corrected chi connectivity index (χ0v) is 12.3. The van der Waals surface area contributed by atoms with E-state index in [-0.39, 0.29) is 0 Å². The fourth-order valence-corrected chi connectivity index (χ4v) is 2.41. The average molecular weight is 302 g/mol. The maximum atomic E-state index is 11.7. The predicted molar refractivity (Wildman–Crippen MR) is 79.5 cm³/mol. The maximum Gasteiger partial charge on any atom is 0.339 e. The van der Waals surface area contributed by atoms with Gasteiger partial charge in [-0.2, -0.15) is 0 Å². The number of pyridine rings is 1. The molecular weight excluding hydrogens is 290 g/mol. The van der Waals surface area contributed by atoms with E-state index in [0.717, 1.165) is 11.1 Å². The number of aromatic nitrogens is 3. The zero-order valence-electron chi connectivity index (χ0n) is 11.5. The Bertz CT molecular complexity index is 842. The molecule has 5 nitrogen and oxygen atoms in total. The number of rotatable bonds is 2. The normalized spacial score (nSPS) is 10.8. The molecule has 106 valence electrons. The maximum absolute atomic E-state index is 11.7. The molecule has 0 fully saturated rings. The van der Waals surface area contributed by atoms with Crippen molar-refractivity contribution < 1.29 is 9.53 Å². The van der Waals surface area contributed by atoms with Gasteiger partial charge < -0.3 is 4.74 Å². The summed E-state index contributed by atoms with van der Waals surface area (Å²) in [5.41, 5.74) is 2.87. The first kappa shape index (κ1) is 13.6. The summed E-state index contributed by atoms with van der Waals surface area (Å²) in [7, 11) is 1.33. The summed E-state index contributed by atoms with van der Waals surface area (Å²) in [6.07, 6.45) is 1.63. The number of carbonyl (C=O) groups excluding carboxylic acids is 1. The molecule has 0 unspecified atom stereocenters. The highest BCUT2D eigenvalue weighted by atomic mass is 35.5. The lowest BCUT2D eigenvalue weighted by Crippen LogP contribution is -2.03.